The highest BCUT2D eigenvalue weighted by Gasteiger charge is 2.09. The van der Waals surface area contributed by atoms with Crippen LogP contribution in [0.3, 0.4) is 0 Å². The maximum Gasteiger partial charge on any atom is 0.305 e. The lowest BCUT2D eigenvalue weighted by atomic mass is 10.4. The molecule has 1 aromatic heterocycles. The molecule has 15 heavy (non-hydrogen) atoms. The van der Waals surface area contributed by atoms with Crippen LogP contribution in [-0.2, 0) is 16.1 Å². The number of hydrogen-bond acceptors (Lipinski definition) is 6. The SMILES string of the molecule is COCc1nnc(N(C)CCC(=O)O)s1. The Hall–Kier alpha value is -1.21. The Bertz CT molecular complexity index is 329. The first-order chi connectivity index (χ1) is 7.13. The molecule has 0 bridgehead atoms. The molecule has 0 aliphatic carbocycles. The molecule has 0 aromatic carbocycles. The zero-order valence-electron chi connectivity index (χ0n) is 8.63. The van der Waals surface area contributed by atoms with Crippen molar-refractivity contribution in [3.05, 3.63) is 5.01 Å². The Kier molecular flexibility index (Phi) is 4.44. The van der Waals surface area contributed by atoms with Gasteiger partial charge >= 0.3 is 5.97 Å². The second kappa shape index (κ2) is 5.62. The van der Waals surface area contributed by atoms with Gasteiger partial charge in [0.25, 0.3) is 0 Å². The standard InChI is InChI=1S/C8H13N3O3S/c1-11(4-3-7(12)13)8-10-9-6(15-8)5-14-2/h3-5H2,1-2H3,(H,12,13). The number of anilines is 1. The maximum atomic E-state index is 10.4. The van der Waals surface area contributed by atoms with Crippen LogP contribution in [0.15, 0.2) is 0 Å². The van der Waals surface area contributed by atoms with E-state index in [1.807, 2.05) is 0 Å². The number of carbonyl (C=O) groups is 1. The summed E-state index contributed by atoms with van der Waals surface area (Å²) in [5.41, 5.74) is 0. The first-order valence-corrected chi connectivity index (χ1v) is 5.19. The highest BCUT2D eigenvalue weighted by molar-refractivity contribution is 7.15. The number of aliphatic carboxylic acids is 1. The minimum absolute atomic E-state index is 0.0929. The van der Waals surface area contributed by atoms with Crippen molar-refractivity contribution in [3.8, 4) is 0 Å². The first kappa shape index (κ1) is 11.9. The molecule has 0 unspecified atom stereocenters. The van der Waals surface area contributed by atoms with Gasteiger partial charge in [0.1, 0.15) is 11.6 Å². The normalized spacial score (nSPS) is 10.3. The van der Waals surface area contributed by atoms with Crippen molar-refractivity contribution in [1.82, 2.24) is 10.2 Å². The van der Waals surface area contributed by atoms with Crippen molar-refractivity contribution >= 4 is 22.4 Å². The van der Waals surface area contributed by atoms with E-state index in [-0.39, 0.29) is 6.42 Å². The molecule has 0 atom stereocenters. The van der Waals surface area contributed by atoms with Crippen LogP contribution in [0.2, 0.25) is 0 Å². The fourth-order valence-electron chi connectivity index (χ4n) is 0.940. The van der Waals surface area contributed by atoms with Crippen molar-refractivity contribution in [1.29, 1.82) is 0 Å². The molecule has 6 nitrogen and oxygen atoms in total. The Morgan fingerprint density at radius 2 is 2.33 bits per heavy atom. The number of rotatable bonds is 6. The fourth-order valence-corrected chi connectivity index (χ4v) is 1.74. The third-order valence-corrected chi connectivity index (χ3v) is 2.72. The van der Waals surface area contributed by atoms with Crippen LogP contribution in [0.5, 0.6) is 0 Å². The molecule has 0 saturated carbocycles. The highest BCUT2D eigenvalue weighted by atomic mass is 32.1. The van der Waals surface area contributed by atoms with Crippen LogP contribution in [0.4, 0.5) is 5.13 Å². The van der Waals surface area contributed by atoms with Gasteiger partial charge in [-0.2, -0.15) is 0 Å². The molecular formula is C8H13N3O3S. The summed E-state index contributed by atoms with van der Waals surface area (Å²) >= 11 is 1.40. The second-order valence-corrected chi connectivity index (χ2v) is 4.02. The molecule has 0 spiro atoms. The van der Waals surface area contributed by atoms with Crippen LogP contribution >= 0.6 is 11.3 Å². The topological polar surface area (TPSA) is 75.6 Å². The van der Waals surface area contributed by atoms with Gasteiger partial charge in [0, 0.05) is 20.7 Å². The van der Waals surface area contributed by atoms with Crippen LogP contribution < -0.4 is 4.90 Å². The van der Waals surface area contributed by atoms with E-state index in [9.17, 15) is 4.79 Å². The largest absolute Gasteiger partial charge is 0.481 e. The molecule has 0 aliphatic heterocycles. The predicted octanol–water partition coefficient (Wildman–Crippen LogP) is 0.595. The lowest BCUT2D eigenvalue weighted by Crippen LogP contribution is -2.20. The third kappa shape index (κ3) is 3.80. The molecule has 1 aromatic rings. The van der Waals surface area contributed by atoms with E-state index >= 15 is 0 Å². The molecule has 1 heterocycles. The second-order valence-electron chi connectivity index (χ2n) is 2.98. The van der Waals surface area contributed by atoms with Crippen LogP contribution in [0.1, 0.15) is 11.4 Å². The molecule has 0 saturated heterocycles. The Morgan fingerprint density at radius 3 is 2.93 bits per heavy atom. The van der Waals surface area contributed by atoms with E-state index in [1.165, 1.54) is 11.3 Å². The molecule has 1 N–H and O–H groups in total. The van der Waals surface area contributed by atoms with Crippen molar-refractivity contribution in [3.63, 3.8) is 0 Å². The van der Waals surface area contributed by atoms with Gasteiger partial charge in [0.15, 0.2) is 0 Å². The van der Waals surface area contributed by atoms with Gasteiger partial charge in [-0.25, -0.2) is 0 Å². The first-order valence-electron chi connectivity index (χ1n) is 4.37. The zero-order chi connectivity index (χ0) is 11.3. The summed E-state index contributed by atoms with van der Waals surface area (Å²) < 4.78 is 4.91. The van der Waals surface area contributed by atoms with E-state index in [2.05, 4.69) is 10.2 Å². The molecule has 7 heteroatoms. The smallest absolute Gasteiger partial charge is 0.305 e. The Labute approximate surface area is 91.5 Å². The molecule has 0 aliphatic rings. The summed E-state index contributed by atoms with van der Waals surface area (Å²) in [5.74, 6) is -0.816. The van der Waals surface area contributed by atoms with Gasteiger partial charge in [-0.1, -0.05) is 11.3 Å². The average Bonchev–Trinajstić information content (AvgIpc) is 2.63. The van der Waals surface area contributed by atoms with Gasteiger partial charge in [-0.3, -0.25) is 4.79 Å². The Morgan fingerprint density at radius 1 is 1.60 bits per heavy atom. The van der Waals surface area contributed by atoms with E-state index in [0.29, 0.717) is 18.3 Å². The van der Waals surface area contributed by atoms with E-state index in [4.69, 9.17) is 9.84 Å². The van der Waals surface area contributed by atoms with Crippen LogP contribution in [-0.4, -0.2) is 42.0 Å². The summed E-state index contributed by atoms with van der Waals surface area (Å²) in [4.78, 5) is 12.1. The number of methoxy groups -OCH3 is 1. The zero-order valence-corrected chi connectivity index (χ0v) is 9.45. The van der Waals surface area contributed by atoms with Crippen molar-refractivity contribution in [2.75, 3.05) is 25.6 Å². The number of ether oxygens (including phenoxy) is 1. The molecular weight excluding hydrogens is 218 g/mol. The lowest BCUT2D eigenvalue weighted by molar-refractivity contribution is -0.136. The van der Waals surface area contributed by atoms with Gasteiger partial charge in [-0.15, -0.1) is 10.2 Å². The molecule has 0 fully saturated rings. The van der Waals surface area contributed by atoms with Crippen molar-refractivity contribution < 1.29 is 14.6 Å². The van der Waals surface area contributed by atoms with Crippen LogP contribution in [0, 0.1) is 0 Å². The number of nitrogens with zero attached hydrogens (tertiary/aromatic N) is 3. The van der Waals surface area contributed by atoms with Crippen molar-refractivity contribution in [2.45, 2.75) is 13.0 Å². The monoisotopic (exact) mass is 231 g/mol. The molecule has 1 rings (SSSR count). The summed E-state index contributed by atoms with van der Waals surface area (Å²) in [5, 5.41) is 17.9. The molecule has 0 amide bonds. The fraction of sp³-hybridized carbons (Fsp3) is 0.625. The van der Waals surface area contributed by atoms with Gasteiger partial charge in [0.2, 0.25) is 5.13 Å². The van der Waals surface area contributed by atoms with Crippen LogP contribution in [0.25, 0.3) is 0 Å². The predicted molar refractivity (Wildman–Crippen MR) is 56.1 cm³/mol. The highest BCUT2D eigenvalue weighted by Crippen LogP contribution is 2.19. The number of hydrogen-bond donors (Lipinski definition) is 1. The Balaban J connectivity index is 2.50. The quantitative estimate of drug-likeness (QED) is 0.772. The minimum Gasteiger partial charge on any atom is -0.481 e. The number of carboxylic acid groups (broad SMARTS) is 1. The van der Waals surface area contributed by atoms with E-state index in [0.717, 1.165) is 5.01 Å². The lowest BCUT2D eigenvalue weighted by Gasteiger charge is -2.12. The summed E-state index contributed by atoms with van der Waals surface area (Å²) in [7, 11) is 3.38. The van der Waals surface area contributed by atoms with Crippen molar-refractivity contribution in [2.24, 2.45) is 0 Å². The minimum atomic E-state index is -0.816. The van der Waals surface area contributed by atoms with E-state index in [1.54, 1.807) is 19.1 Å². The van der Waals surface area contributed by atoms with Gasteiger partial charge < -0.3 is 14.7 Å². The summed E-state index contributed by atoms with van der Waals surface area (Å²) in [6.45, 7) is 0.862. The molecule has 84 valence electrons. The number of aromatic nitrogens is 2. The third-order valence-electron chi connectivity index (χ3n) is 1.71. The van der Waals surface area contributed by atoms with E-state index < -0.39 is 5.97 Å². The average molecular weight is 231 g/mol. The van der Waals surface area contributed by atoms with Gasteiger partial charge in [0.05, 0.1) is 6.42 Å². The maximum absolute atomic E-state index is 10.4. The van der Waals surface area contributed by atoms with Gasteiger partial charge in [-0.05, 0) is 0 Å². The number of carboxylic acids is 1. The summed E-state index contributed by atoms with van der Waals surface area (Å²) in [6.07, 6.45) is 0.0929. The molecule has 0 radical (unpaired) electrons. The summed E-state index contributed by atoms with van der Waals surface area (Å²) in [6, 6.07) is 0.